The Kier molecular flexibility index (Phi) is 21.9. The fraction of sp³-hybridized carbons (Fsp3) is 0.750. The van der Waals surface area contributed by atoms with Crippen LogP contribution in [0.4, 0.5) is 0 Å². The predicted octanol–water partition coefficient (Wildman–Crippen LogP) is 2.41. The largest absolute Gasteiger partial charge is 0.481 e. The predicted molar refractivity (Wildman–Crippen MR) is 194 cm³/mol. The molecule has 0 amide bonds. The van der Waals surface area contributed by atoms with E-state index in [4.69, 9.17) is 15.3 Å². The molecular weight excluding hydrogens is 768 g/mol. The van der Waals surface area contributed by atoms with E-state index in [1.54, 1.807) is 0 Å². The first-order valence-corrected chi connectivity index (χ1v) is 18.2. The van der Waals surface area contributed by atoms with Gasteiger partial charge in [0.1, 0.15) is 16.2 Å². The van der Waals surface area contributed by atoms with Crippen LogP contribution in [0, 0.1) is 34.0 Å². The maximum atomic E-state index is 11.5. The molecule has 6 unspecified atom stereocenters. The second kappa shape index (κ2) is 22.2. The molecule has 0 radical (unpaired) electrons. The minimum Gasteiger partial charge on any atom is -0.481 e. The Balaban J connectivity index is -0.000000767. The van der Waals surface area contributed by atoms with Gasteiger partial charge in [0, 0.05) is 0 Å². The van der Waals surface area contributed by atoms with Gasteiger partial charge in [-0.3, -0.25) is 28.8 Å². The van der Waals surface area contributed by atoms with Crippen LogP contribution in [0.15, 0.2) is 0 Å². The first-order valence-electron chi connectivity index (χ1n) is 18.2. The summed E-state index contributed by atoms with van der Waals surface area (Å²) in [5.74, 6) is -19.7. The standard InChI is InChI=1S/3C12H20O7/c3*1-4-7(8(13)14)12(19,10(17)18)11(5-2,6-3)9(15)16/h3*7,19H,4-6H2,1-3H3,(H,13,14)(H,15,16)(H,17,18). The molecule has 0 aromatic rings. The number of carbonyl (C=O) groups is 9. The Labute approximate surface area is 329 Å². The van der Waals surface area contributed by atoms with Gasteiger partial charge in [0.2, 0.25) is 0 Å². The van der Waals surface area contributed by atoms with E-state index in [1.165, 1.54) is 62.3 Å². The van der Waals surface area contributed by atoms with Crippen LogP contribution in [0.2, 0.25) is 0 Å². The van der Waals surface area contributed by atoms with E-state index >= 15 is 0 Å². The van der Waals surface area contributed by atoms with Crippen LogP contribution in [-0.2, 0) is 43.2 Å². The molecule has 0 aromatic carbocycles. The molecule has 0 spiro atoms. The minimum absolute atomic E-state index is 0.187. The van der Waals surface area contributed by atoms with Crippen molar-refractivity contribution in [2.75, 3.05) is 0 Å². The molecule has 21 heteroatoms. The Morgan fingerprint density at radius 1 is 0.316 bits per heavy atom. The second-order valence-corrected chi connectivity index (χ2v) is 13.4. The Morgan fingerprint density at radius 2 is 0.456 bits per heavy atom. The summed E-state index contributed by atoms with van der Waals surface area (Å²) >= 11 is 0. The number of carboxylic acids is 9. The molecule has 0 bridgehead atoms. The van der Waals surface area contributed by atoms with E-state index in [2.05, 4.69) is 0 Å². The molecule has 0 aromatic heterocycles. The average Bonchev–Trinajstić information content (AvgIpc) is 3.10. The molecular formula is C36H60O21. The van der Waals surface area contributed by atoms with Gasteiger partial charge in [0.15, 0.2) is 16.8 Å². The van der Waals surface area contributed by atoms with Crippen molar-refractivity contribution in [2.45, 2.75) is 137 Å². The van der Waals surface area contributed by atoms with Crippen LogP contribution >= 0.6 is 0 Å². The summed E-state index contributed by atoms with van der Waals surface area (Å²) in [6, 6.07) is 0. The summed E-state index contributed by atoms with van der Waals surface area (Å²) in [6.45, 7) is 12.7. The summed E-state index contributed by atoms with van der Waals surface area (Å²) in [7, 11) is 0. The van der Waals surface area contributed by atoms with Crippen LogP contribution in [0.5, 0.6) is 0 Å². The maximum absolute atomic E-state index is 11.5. The van der Waals surface area contributed by atoms with E-state index in [0.29, 0.717) is 0 Å². The van der Waals surface area contributed by atoms with Crippen molar-refractivity contribution in [1.29, 1.82) is 0 Å². The van der Waals surface area contributed by atoms with E-state index in [0.717, 1.165) is 0 Å². The van der Waals surface area contributed by atoms with E-state index < -0.39 is 105 Å². The van der Waals surface area contributed by atoms with Crippen molar-refractivity contribution in [2.24, 2.45) is 34.0 Å². The van der Waals surface area contributed by atoms with E-state index in [-0.39, 0.29) is 57.8 Å². The summed E-state index contributed by atoms with van der Waals surface area (Å²) in [5.41, 5.74) is -14.7. The molecule has 330 valence electrons. The Bertz CT molecular complexity index is 1290. The Morgan fingerprint density at radius 3 is 0.509 bits per heavy atom. The highest BCUT2D eigenvalue weighted by Gasteiger charge is 2.66. The fourth-order valence-corrected chi connectivity index (χ4v) is 7.77. The van der Waals surface area contributed by atoms with Crippen LogP contribution in [0.3, 0.4) is 0 Å². The van der Waals surface area contributed by atoms with E-state index in [1.807, 2.05) is 0 Å². The highest BCUT2D eigenvalue weighted by molar-refractivity contribution is 5.95. The van der Waals surface area contributed by atoms with Crippen LogP contribution in [0.25, 0.3) is 0 Å². The highest BCUT2D eigenvalue weighted by Crippen LogP contribution is 2.47. The zero-order chi connectivity index (χ0) is 46.3. The van der Waals surface area contributed by atoms with Gasteiger partial charge in [-0.25, -0.2) is 14.4 Å². The molecule has 57 heavy (non-hydrogen) atoms. The van der Waals surface area contributed by atoms with Gasteiger partial charge in [-0.2, -0.15) is 0 Å². The van der Waals surface area contributed by atoms with Gasteiger partial charge >= 0.3 is 53.7 Å². The lowest BCUT2D eigenvalue weighted by atomic mass is 9.61. The van der Waals surface area contributed by atoms with Gasteiger partial charge in [0.25, 0.3) is 0 Å². The second-order valence-electron chi connectivity index (χ2n) is 13.4. The van der Waals surface area contributed by atoms with Crippen LogP contribution in [0.1, 0.15) is 120 Å². The fourth-order valence-electron chi connectivity index (χ4n) is 7.77. The average molecular weight is 829 g/mol. The molecule has 0 rings (SSSR count). The summed E-state index contributed by atoms with van der Waals surface area (Å²) in [5, 5.41) is 114. The Hall–Kier alpha value is -4.89. The molecule has 0 fully saturated rings. The van der Waals surface area contributed by atoms with Crippen molar-refractivity contribution in [1.82, 2.24) is 0 Å². The molecule has 0 aliphatic rings. The monoisotopic (exact) mass is 828 g/mol. The third kappa shape index (κ3) is 9.81. The number of aliphatic carboxylic acids is 9. The number of aliphatic hydroxyl groups is 3. The van der Waals surface area contributed by atoms with Crippen molar-refractivity contribution in [3.05, 3.63) is 0 Å². The van der Waals surface area contributed by atoms with Gasteiger partial charge in [-0.05, 0) is 57.8 Å². The molecule has 0 saturated carbocycles. The molecule has 0 aliphatic carbocycles. The third-order valence-corrected chi connectivity index (χ3v) is 11.6. The molecule has 0 saturated heterocycles. The minimum atomic E-state index is -2.86. The van der Waals surface area contributed by atoms with Crippen molar-refractivity contribution >= 4 is 53.7 Å². The van der Waals surface area contributed by atoms with Crippen LogP contribution in [-0.4, -0.2) is 132 Å². The number of hydrogen-bond donors (Lipinski definition) is 12. The van der Waals surface area contributed by atoms with Crippen molar-refractivity contribution in [3.63, 3.8) is 0 Å². The smallest absolute Gasteiger partial charge is 0.337 e. The molecule has 6 atom stereocenters. The lowest BCUT2D eigenvalue weighted by molar-refractivity contribution is -0.206. The number of carboxylic acid groups (broad SMARTS) is 9. The summed E-state index contributed by atoms with van der Waals surface area (Å²) in [6.07, 6.45) is -1.70. The lowest BCUT2D eigenvalue weighted by Gasteiger charge is -2.43. The van der Waals surface area contributed by atoms with Gasteiger partial charge < -0.3 is 61.3 Å². The third-order valence-electron chi connectivity index (χ3n) is 11.6. The number of rotatable bonds is 24. The van der Waals surface area contributed by atoms with Gasteiger partial charge in [-0.15, -0.1) is 0 Å². The summed E-state index contributed by atoms with van der Waals surface area (Å²) < 4.78 is 0. The topological polar surface area (TPSA) is 396 Å². The molecule has 0 aliphatic heterocycles. The van der Waals surface area contributed by atoms with Crippen LogP contribution < -0.4 is 0 Å². The van der Waals surface area contributed by atoms with Gasteiger partial charge in [0.05, 0.1) is 17.8 Å². The lowest BCUT2D eigenvalue weighted by Crippen LogP contribution is -2.63. The van der Waals surface area contributed by atoms with Crippen molar-refractivity contribution < 1.29 is 104 Å². The first kappa shape index (κ1) is 56.4. The molecule has 21 nitrogen and oxygen atoms in total. The maximum Gasteiger partial charge on any atom is 0.337 e. The number of hydrogen-bond acceptors (Lipinski definition) is 12. The highest BCUT2D eigenvalue weighted by atomic mass is 16.4. The zero-order valence-electron chi connectivity index (χ0n) is 33.6. The SMILES string of the molecule is CCC(C(=O)O)C(O)(C(=O)O)C(CC)(CC)C(=O)O.CCC(C(=O)O)C(O)(C(=O)O)C(CC)(CC)C(=O)O.CCC(C(=O)O)C(O)(C(=O)O)C(CC)(CC)C(=O)O. The summed E-state index contributed by atoms with van der Waals surface area (Å²) in [4.78, 5) is 102. The normalized spacial score (nSPS) is 16.4. The van der Waals surface area contributed by atoms with Gasteiger partial charge in [-0.1, -0.05) is 62.3 Å². The quantitative estimate of drug-likeness (QED) is 0.0664. The molecule has 0 heterocycles. The van der Waals surface area contributed by atoms with E-state index in [9.17, 15) is 89.1 Å². The van der Waals surface area contributed by atoms with Crippen molar-refractivity contribution in [3.8, 4) is 0 Å². The first-order chi connectivity index (χ1) is 26.0. The molecule has 12 N–H and O–H groups in total. The zero-order valence-corrected chi connectivity index (χ0v) is 33.6.